The van der Waals surface area contributed by atoms with Crippen LogP contribution in [0.4, 0.5) is 0 Å². The van der Waals surface area contributed by atoms with Crippen LogP contribution in [0.15, 0.2) is 12.2 Å². The molecule has 0 amide bonds. The third-order valence-corrected chi connectivity index (χ3v) is 9.40. The minimum atomic E-state index is 0.0171. The first-order valence-electron chi connectivity index (χ1n) is 20.6. The molecule has 0 heterocycles. The van der Waals surface area contributed by atoms with Gasteiger partial charge in [0.1, 0.15) is 0 Å². The lowest BCUT2D eigenvalue weighted by atomic mass is 10.0. The molecule has 0 aliphatic carbocycles. The average molecular weight is 619 g/mol. The average Bonchev–Trinajstić information content (AvgIpc) is 3.03. The van der Waals surface area contributed by atoms with E-state index in [1.54, 1.807) is 0 Å². The van der Waals surface area contributed by atoms with Gasteiger partial charge in [-0.2, -0.15) is 0 Å². The van der Waals surface area contributed by atoms with E-state index in [1.807, 2.05) is 0 Å². The summed E-state index contributed by atoms with van der Waals surface area (Å²) < 4.78 is 5.44. The molecule has 0 aliphatic heterocycles. The van der Waals surface area contributed by atoms with Crippen molar-refractivity contribution in [3.63, 3.8) is 0 Å². The summed E-state index contributed by atoms with van der Waals surface area (Å²) in [6.07, 6.45) is 53.1. The number of ether oxygens (including phenoxy) is 1. The van der Waals surface area contributed by atoms with Crippen LogP contribution in [-0.4, -0.2) is 12.6 Å². The lowest BCUT2D eigenvalue weighted by Crippen LogP contribution is -2.05. The molecule has 0 N–H and O–H groups in total. The molecule has 44 heavy (non-hydrogen) atoms. The first-order chi connectivity index (χ1) is 21.8. The van der Waals surface area contributed by atoms with Crippen LogP contribution in [-0.2, 0) is 9.53 Å². The molecule has 0 saturated carbocycles. The summed E-state index contributed by atoms with van der Waals surface area (Å²) in [5, 5.41) is 0. The van der Waals surface area contributed by atoms with Gasteiger partial charge >= 0.3 is 5.97 Å². The molecule has 0 fully saturated rings. The zero-order valence-electron chi connectivity index (χ0n) is 30.6. The van der Waals surface area contributed by atoms with E-state index in [0.29, 0.717) is 13.0 Å². The number of esters is 1. The molecule has 0 atom stereocenters. The fourth-order valence-electron chi connectivity index (χ4n) is 6.30. The van der Waals surface area contributed by atoms with E-state index >= 15 is 0 Å². The van der Waals surface area contributed by atoms with E-state index in [0.717, 1.165) is 19.3 Å². The normalized spacial score (nSPS) is 11.6. The monoisotopic (exact) mass is 619 g/mol. The van der Waals surface area contributed by atoms with Crippen molar-refractivity contribution in [1.82, 2.24) is 0 Å². The summed E-state index contributed by atoms with van der Waals surface area (Å²) in [6, 6.07) is 0. The van der Waals surface area contributed by atoms with Gasteiger partial charge in [0.25, 0.3) is 0 Å². The quantitative estimate of drug-likeness (QED) is 0.0391. The van der Waals surface area contributed by atoms with E-state index in [2.05, 4.69) is 26.0 Å². The Labute approximate surface area is 278 Å². The van der Waals surface area contributed by atoms with E-state index < -0.39 is 0 Å². The molecule has 0 saturated heterocycles. The summed E-state index contributed by atoms with van der Waals surface area (Å²) >= 11 is 0. The second kappa shape index (κ2) is 40.2. The maximum Gasteiger partial charge on any atom is 0.305 e. The van der Waals surface area contributed by atoms with Crippen molar-refractivity contribution in [2.75, 3.05) is 6.61 Å². The number of hydrogen-bond donors (Lipinski definition) is 0. The molecule has 0 aromatic heterocycles. The molecule has 0 rings (SSSR count). The van der Waals surface area contributed by atoms with Gasteiger partial charge in [-0.3, -0.25) is 4.79 Å². The first-order valence-corrected chi connectivity index (χ1v) is 20.6. The van der Waals surface area contributed by atoms with Gasteiger partial charge in [0, 0.05) is 6.42 Å². The van der Waals surface area contributed by atoms with Crippen LogP contribution in [0.5, 0.6) is 0 Å². The van der Waals surface area contributed by atoms with E-state index in [9.17, 15) is 4.79 Å². The predicted octanol–water partition coefficient (Wildman–Crippen LogP) is 15.2. The minimum absolute atomic E-state index is 0.0171. The second-order valence-electron chi connectivity index (χ2n) is 14.0. The number of carbonyl (C=O) groups is 1. The van der Waals surface area contributed by atoms with Gasteiger partial charge in [-0.25, -0.2) is 0 Å². The number of allylic oxidation sites excluding steroid dienone is 2. The first kappa shape index (κ1) is 43.2. The molecule has 0 bridgehead atoms. The molecular weight excluding hydrogens is 536 g/mol. The largest absolute Gasteiger partial charge is 0.466 e. The maximum absolute atomic E-state index is 11.9. The van der Waals surface area contributed by atoms with Gasteiger partial charge in [0.05, 0.1) is 6.61 Å². The summed E-state index contributed by atoms with van der Waals surface area (Å²) in [5.74, 6) is 0.0171. The Morgan fingerprint density at radius 2 is 0.659 bits per heavy atom. The Kier molecular flexibility index (Phi) is 39.5. The van der Waals surface area contributed by atoms with Crippen molar-refractivity contribution in [3.05, 3.63) is 12.2 Å². The topological polar surface area (TPSA) is 26.3 Å². The van der Waals surface area contributed by atoms with Crippen LogP contribution in [0.25, 0.3) is 0 Å². The molecule has 2 heteroatoms. The van der Waals surface area contributed by atoms with Crippen LogP contribution >= 0.6 is 0 Å². The van der Waals surface area contributed by atoms with Crippen molar-refractivity contribution < 1.29 is 9.53 Å². The fourth-order valence-corrected chi connectivity index (χ4v) is 6.30. The van der Waals surface area contributed by atoms with E-state index in [-0.39, 0.29) is 5.97 Å². The molecule has 0 aromatic carbocycles. The number of unbranched alkanes of at least 4 members (excludes halogenated alkanes) is 32. The zero-order valence-corrected chi connectivity index (χ0v) is 30.6. The van der Waals surface area contributed by atoms with Gasteiger partial charge in [0.2, 0.25) is 0 Å². The van der Waals surface area contributed by atoms with E-state index in [1.165, 1.54) is 205 Å². The molecule has 0 aliphatic rings. The highest BCUT2D eigenvalue weighted by atomic mass is 16.5. The van der Waals surface area contributed by atoms with Crippen molar-refractivity contribution in [2.45, 2.75) is 245 Å². The zero-order chi connectivity index (χ0) is 31.9. The SMILES string of the molecule is CCCCC=CCCCCCCCC(=O)OCCCCCCCCCCCCCCCCCCCCCCCCCCCC. The molecule has 262 valence electrons. The smallest absolute Gasteiger partial charge is 0.305 e. The Hall–Kier alpha value is -0.790. The van der Waals surface area contributed by atoms with Crippen LogP contribution in [0, 0.1) is 0 Å². The minimum Gasteiger partial charge on any atom is -0.466 e. The number of hydrogen-bond acceptors (Lipinski definition) is 2. The molecule has 0 radical (unpaired) electrons. The van der Waals surface area contributed by atoms with Crippen LogP contribution in [0.1, 0.15) is 245 Å². The predicted molar refractivity (Wildman–Crippen MR) is 198 cm³/mol. The van der Waals surface area contributed by atoms with Gasteiger partial charge in [-0.1, -0.05) is 219 Å². The second-order valence-corrected chi connectivity index (χ2v) is 14.0. The van der Waals surface area contributed by atoms with Crippen LogP contribution in [0.2, 0.25) is 0 Å². The summed E-state index contributed by atoms with van der Waals surface area (Å²) in [4.78, 5) is 11.9. The highest BCUT2D eigenvalue weighted by Crippen LogP contribution is 2.16. The number of carbonyl (C=O) groups excluding carboxylic acids is 1. The highest BCUT2D eigenvalue weighted by molar-refractivity contribution is 5.69. The van der Waals surface area contributed by atoms with Gasteiger partial charge < -0.3 is 4.74 Å². The highest BCUT2D eigenvalue weighted by Gasteiger charge is 2.02. The molecule has 0 unspecified atom stereocenters. The molecule has 2 nitrogen and oxygen atoms in total. The van der Waals surface area contributed by atoms with Crippen LogP contribution < -0.4 is 0 Å². The fraction of sp³-hybridized carbons (Fsp3) is 0.929. The van der Waals surface area contributed by atoms with Gasteiger partial charge in [0.15, 0.2) is 0 Å². The molecule has 0 spiro atoms. The Morgan fingerprint density at radius 3 is 1.05 bits per heavy atom. The Bertz CT molecular complexity index is 554. The summed E-state index contributed by atoms with van der Waals surface area (Å²) in [7, 11) is 0. The third kappa shape index (κ3) is 39.2. The molecule has 0 aromatic rings. The van der Waals surface area contributed by atoms with Crippen molar-refractivity contribution in [1.29, 1.82) is 0 Å². The van der Waals surface area contributed by atoms with Gasteiger partial charge in [-0.15, -0.1) is 0 Å². The lowest BCUT2D eigenvalue weighted by Gasteiger charge is -2.06. The maximum atomic E-state index is 11.9. The van der Waals surface area contributed by atoms with Crippen molar-refractivity contribution in [3.8, 4) is 0 Å². The number of rotatable bonds is 38. The summed E-state index contributed by atoms with van der Waals surface area (Å²) in [6.45, 7) is 5.17. The van der Waals surface area contributed by atoms with Gasteiger partial charge in [-0.05, 0) is 32.1 Å². The Balaban J connectivity index is 3.13. The van der Waals surface area contributed by atoms with E-state index in [4.69, 9.17) is 4.74 Å². The molecular formula is C42H82O2. The van der Waals surface area contributed by atoms with Crippen molar-refractivity contribution in [2.24, 2.45) is 0 Å². The lowest BCUT2D eigenvalue weighted by molar-refractivity contribution is -0.143. The van der Waals surface area contributed by atoms with Crippen molar-refractivity contribution >= 4 is 5.97 Å². The third-order valence-electron chi connectivity index (χ3n) is 9.40. The van der Waals surface area contributed by atoms with Crippen LogP contribution in [0.3, 0.4) is 0 Å². The Morgan fingerprint density at radius 1 is 0.364 bits per heavy atom. The standard InChI is InChI=1S/C42H82O2/c1-3-5-7-9-11-13-15-16-17-18-19-20-21-22-23-24-25-26-27-28-29-31-33-35-37-39-41-44-42(43)40-38-36-34-32-30-14-12-10-8-6-4-2/h10,12H,3-9,11,13-41H2,1-2H3. The summed E-state index contributed by atoms with van der Waals surface area (Å²) in [5.41, 5.74) is 0.